The van der Waals surface area contributed by atoms with E-state index in [1.54, 1.807) is 19.2 Å². The zero-order chi connectivity index (χ0) is 21.2. The summed E-state index contributed by atoms with van der Waals surface area (Å²) in [5.74, 6) is 1.04. The number of amides is 1. The summed E-state index contributed by atoms with van der Waals surface area (Å²) in [5.41, 5.74) is 5.56. The summed E-state index contributed by atoms with van der Waals surface area (Å²) in [6.07, 6.45) is 2.57. The predicted molar refractivity (Wildman–Crippen MR) is 120 cm³/mol. The lowest BCUT2D eigenvalue weighted by Crippen LogP contribution is -2.33. The van der Waals surface area contributed by atoms with E-state index in [-0.39, 0.29) is 5.91 Å². The summed E-state index contributed by atoms with van der Waals surface area (Å²) in [6.45, 7) is 5.75. The highest BCUT2D eigenvalue weighted by Gasteiger charge is 2.13. The highest BCUT2D eigenvalue weighted by molar-refractivity contribution is 5.84. The number of hydrogen-bond donors (Lipinski definition) is 1. The van der Waals surface area contributed by atoms with E-state index in [9.17, 15) is 4.79 Å². The molecule has 152 valence electrons. The molecule has 5 nitrogen and oxygen atoms in total. The number of hydrogen-bond acceptors (Lipinski definition) is 4. The van der Waals surface area contributed by atoms with Crippen LogP contribution < -0.4 is 14.9 Å². The van der Waals surface area contributed by atoms with Crippen molar-refractivity contribution in [2.24, 2.45) is 5.10 Å². The third-order valence-corrected chi connectivity index (χ3v) is 4.28. The SMILES string of the molecule is C=CCOc1ccc(/C=N\NC(=O)[C@H](C)Oc2ccc(-c3ccccc3)cc2)cc1. The number of carbonyl (C=O) groups is 1. The van der Waals surface area contributed by atoms with Gasteiger partial charge in [0.25, 0.3) is 5.91 Å². The molecule has 1 N–H and O–H groups in total. The minimum atomic E-state index is -0.681. The molecule has 1 atom stereocenters. The quantitative estimate of drug-likeness (QED) is 0.318. The number of hydrazone groups is 1. The first kappa shape index (κ1) is 20.9. The number of carbonyl (C=O) groups excluding carboxylic acids is 1. The van der Waals surface area contributed by atoms with Crippen LogP contribution in [0.25, 0.3) is 11.1 Å². The van der Waals surface area contributed by atoms with E-state index in [0.717, 1.165) is 22.4 Å². The summed E-state index contributed by atoms with van der Waals surface area (Å²) in [7, 11) is 0. The first-order chi connectivity index (χ1) is 14.7. The molecule has 0 aliphatic heterocycles. The van der Waals surface area contributed by atoms with Crippen LogP contribution in [0.2, 0.25) is 0 Å². The first-order valence-electron chi connectivity index (χ1n) is 9.64. The molecule has 0 aliphatic carbocycles. The van der Waals surface area contributed by atoms with Crippen LogP contribution >= 0.6 is 0 Å². The van der Waals surface area contributed by atoms with E-state index in [4.69, 9.17) is 9.47 Å². The van der Waals surface area contributed by atoms with Crippen molar-refractivity contribution >= 4 is 12.1 Å². The first-order valence-corrected chi connectivity index (χ1v) is 9.64. The highest BCUT2D eigenvalue weighted by Crippen LogP contribution is 2.22. The van der Waals surface area contributed by atoms with Crippen LogP contribution in [0.15, 0.2) is 96.6 Å². The summed E-state index contributed by atoms with van der Waals surface area (Å²) < 4.78 is 11.1. The van der Waals surface area contributed by atoms with Crippen molar-refractivity contribution in [1.29, 1.82) is 0 Å². The van der Waals surface area contributed by atoms with Gasteiger partial charge in [0.2, 0.25) is 0 Å². The Balaban J connectivity index is 1.49. The molecule has 3 aromatic rings. The Morgan fingerprint density at radius 3 is 2.27 bits per heavy atom. The molecule has 0 aromatic heterocycles. The maximum atomic E-state index is 12.2. The number of nitrogens with zero attached hydrogens (tertiary/aromatic N) is 1. The number of nitrogens with one attached hydrogen (secondary N) is 1. The van der Waals surface area contributed by atoms with Crippen LogP contribution in [-0.4, -0.2) is 24.8 Å². The second-order valence-corrected chi connectivity index (χ2v) is 6.55. The van der Waals surface area contributed by atoms with Gasteiger partial charge in [-0.1, -0.05) is 55.1 Å². The number of benzene rings is 3. The van der Waals surface area contributed by atoms with Crippen molar-refractivity contribution in [3.8, 4) is 22.6 Å². The summed E-state index contributed by atoms with van der Waals surface area (Å²) in [4.78, 5) is 12.2. The molecule has 0 fully saturated rings. The molecular formula is C25H24N2O3. The van der Waals surface area contributed by atoms with Gasteiger partial charge in [-0.15, -0.1) is 0 Å². The van der Waals surface area contributed by atoms with Gasteiger partial charge in [-0.05, 0) is 60.0 Å². The van der Waals surface area contributed by atoms with Crippen molar-refractivity contribution < 1.29 is 14.3 Å². The Morgan fingerprint density at radius 2 is 1.60 bits per heavy atom. The lowest BCUT2D eigenvalue weighted by atomic mass is 10.1. The van der Waals surface area contributed by atoms with E-state index in [1.807, 2.05) is 78.9 Å². The third-order valence-electron chi connectivity index (χ3n) is 4.28. The Labute approximate surface area is 176 Å². The van der Waals surface area contributed by atoms with Crippen molar-refractivity contribution in [2.75, 3.05) is 6.61 Å². The van der Waals surface area contributed by atoms with Crippen LogP contribution in [0.1, 0.15) is 12.5 Å². The van der Waals surface area contributed by atoms with Crippen LogP contribution in [-0.2, 0) is 4.79 Å². The van der Waals surface area contributed by atoms with E-state index in [0.29, 0.717) is 12.4 Å². The van der Waals surface area contributed by atoms with Crippen LogP contribution in [0, 0.1) is 0 Å². The summed E-state index contributed by atoms with van der Waals surface area (Å²) in [6, 6.07) is 25.1. The summed E-state index contributed by atoms with van der Waals surface area (Å²) in [5, 5.41) is 3.99. The average molecular weight is 400 g/mol. The smallest absolute Gasteiger partial charge is 0.280 e. The van der Waals surface area contributed by atoms with Crippen LogP contribution in [0.4, 0.5) is 0 Å². The fourth-order valence-corrected chi connectivity index (χ4v) is 2.68. The standard InChI is InChI=1S/C25H24N2O3/c1-3-17-29-23-13-9-20(10-14-23)18-26-27-25(28)19(2)30-24-15-11-22(12-16-24)21-7-5-4-6-8-21/h3-16,18-19H,1,17H2,2H3,(H,27,28)/b26-18-/t19-/m0/s1. The molecule has 0 aliphatic rings. The van der Waals surface area contributed by atoms with Gasteiger partial charge in [0, 0.05) is 0 Å². The minimum Gasteiger partial charge on any atom is -0.490 e. The fraction of sp³-hybridized carbons (Fsp3) is 0.120. The van der Waals surface area contributed by atoms with Gasteiger partial charge in [0.1, 0.15) is 18.1 Å². The zero-order valence-corrected chi connectivity index (χ0v) is 16.8. The monoisotopic (exact) mass is 400 g/mol. The molecule has 0 radical (unpaired) electrons. The van der Waals surface area contributed by atoms with E-state index in [1.165, 1.54) is 0 Å². The molecule has 30 heavy (non-hydrogen) atoms. The largest absolute Gasteiger partial charge is 0.490 e. The summed E-state index contributed by atoms with van der Waals surface area (Å²) >= 11 is 0. The molecule has 0 bridgehead atoms. The van der Waals surface area contributed by atoms with E-state index in [2.05, 4.69) is 17.1 Å². The van der Waals surface area contributed by atoms with Gasteiger partial charge >= 0.3 is 0 Å². The normalized spacial score (nSPS) is 11.6. The topological polar surface area (TPSA) is 59.9 Å². The lowest BCUT2D eigenvalue weighted by Gasteiger charge is -2.13. The van der Waals surface area contributed by atoms with Crippen molar-refractivity contribution in [3.05, 3.63) is 97.1 Å². The molecule has 3 aromatic carbocycles. The second kappa shape index (κ2) is 10.6. The molecule has 0 spiro atoms. The van der Waals surface area contributed by atoms with E-state index >= 15 is 0 Å². The molecule has 5 heteroatoms. The average Bonchev–Trinajstić information content (AvgIpc) is 2.79. The van der Waals surface area contributed by atoms with Gasteiger partial charge in [0.05, 0.1) is 6.21 Å². The van der Waals surface area contributed by atoms with Crippen LogP contribution in [0.5, 0.6) is 11.5 Å². The van der Waals surface area contributed by atoms with Crippen molar-refractivity contribution in [1.82, 2.24) is 5.43 Å². The van der Waals surface area contributed by atoms with Gasteiger partial charge in [0.15, 0.2) is 6.10 Å². The second-order valence-electron chi connectivity index (χ2n) is 6.55. The van der Waals surface area contributed by atoms with Crippen LogP contribution in [0.3, 0.4) is 0 Å². The predicted octanol–water partition coefficient (Wildman–Crippen LogP) is 4.84. The fourth-order valence-electron chi connectivity index (χ4n) is 2.68. The zero-order valence-electron chi connectivity index (χ0n) is 16.8. The third kappa shape index (κ3) is 6.07. The molecular weight excluding hydrogens is 376 g/mol. The maximum Gasteiger partial charge on any atom is 0.280 e. The van der Waals surface area contributed by atoms with E-state index < -0.39 is 6.10 Å². The molecule has 1 amide bonds. The molecule has 0 saturated heterocycles. The maximum absolute atomic E-state index is 12.2. The van der Waals surface area contributed by atoms with Gasteiger partial charge in [-0.3, -0.25) is 4.79 Å². The molecule has 0 unspecified atom stereocenters. The molecule has 0 saturated carbocycles. The minimum absolute atomic E-state index is 0.329. The van der Waals surface area contributed by atoms with Gasteiger partial charge in [-0.2, -0.15) is 5.10 Å². The Morgan fingerprint density at radius 1 is 0.967 bits per heavy atom. The van der Waals surface area contributed by atoms with Gasteiger partial charge in [-0.25, -0.2) is 5.43 Å². The highest BCUT2D eigenvalue weighted by atomic mass is 16.5. The molecule has 3 rings (SSSR count). The Hall–Kier alpha value is -3.86. The van der Waals surface area contributed by atoms with Gasteiger partial charge < -0.3 is 9.47 Å². The van der Waals surface area contributed by atoms with Crippen molar-refractivity contribution in [3.63, 3.8) is 0 Å². The Bertz CT molecular complexity index is 981. The lowest BCUT2D eigenvalue weighted by molar-refractivity contribution is -0.127. The van der Waals surface area contributed by atoms with Crippen molar-refractivity contribution in [2.45, 2.75) is 13.0 Å². The number of ether oxygens (including phenoxy) is 2. The molecule has 0 heterocycles. The number of rotatable bonds is 9. The Kier molecular flexibility index (Phi) is 7.39.